The van der Waals surface area contributed by atoms with Crippen LogP contribution in [-0.2, 0) is 20.8 Å². The number of carbonyl (C=O) groups excluding carboxylic acids is 3. The van der Waals surface area contributed by atoms with Gasteiger partial charge in [-0.05, 0) is 39.0 Å². The summed E-state index contributed by atoms with van der Waals surface area (Å²) in [5.74, 6) is -1.22. The summed E-state index contributed by atoms with van der Waals surface area (Å²) in [5, 5.41) is 4.77. The lowest BCUT2D eigenvalue weighted by molar-refractivity contribution is -0.155. The number of nitrogens with zero attached hydrogens (tertiary/aromatic N) is 2. The van der Waals surface area contributed by atoms with Gasteiger partial charge in [-0.3, -0.25) is 14.3 Å². The van der Waals surface area contributed by atoms with Crippen LogP contribution in [0.5, 0.6) is 0 Å². The molecule has 0 aliphatic heterocycles. The van der Waals surface area contributed by atoms with Gasteiger partial charge >= 0.3 is 11.9 Å². The quantitative estimate of drug-likeness (QED) is 0.631. The zero-order chi connectivity index (χ0) is 18.1. The van der Waals surface area contributed by atoms with Crippen LogP contribution in [0.3, 0.4) is 0 Å². The maximum Gasteiger partial charge on any atom is 0.337 e. The van der Waals surface area contributed by atoms with E-state index >= 15 is 0 Å². The van der Waals surface area contributed by atoms with Crippen molar-refractivity contribution in [3.8, 4) is 0 Å². The van der Waals surface area contributed by atoms with Gasteiger partial charge < -0.3 is 9.47 Å². The maximum atomic E-state index is 12.1. The monoisotopic (exact) mass is 332 g/mol. The predicted molar refractivity (Wildman–Crippen MR) is 86.9 cm³/mol. The molecule has 7 heteroatoms. The fraction of sp³-hybridized carbons (Fsp3) is 0.412. The Morgan fingerprint density at radius 1 is 1.21 bits per heavy atom. The second-order valence-electron chi connectivity index (χ2n) is 6.37. The highest BCUT2D eigenvalue weighted by molar-refractivity contribution is 6.06. The number of ketones is 1. The van der Waals surface area contributed by atoms with Gasteiger partial charge in [0, 0.05) is 12.3 Å². The smallest absolute Gasteiger partial charge is 0.337 e. The van der Waals surface area contributed by atoms with E-state index < -0.39 is 17.5 Å². The number of hydrogen-bond donors (Lipinski definition) is 0. The molecule has 0 atom stereocenters. The Balaban J connectivity index is 2.49. The molecule has 0 bridgehead atoms. The Morgan fingerprint density at radius 3 is 2.42 bits per heavy atom. The first kappa shape index (κ1) is 17.7. The molecule has 0 N–H and O–H groups in total. The molecule has 1 aromatic carbocycles. The summed E-state index contributed by atoms with van der Waals surface area (Å²) in [6.45, 7) is 6.53. The van der Waals surface area contributed by atoms with E-state index in [2.05, 4.69) is 5.10 Å². The minimum atomic E-state index is -0.624. The predicted octanol–water partition coefficient (Wildman–Crippen LogP) is 2.37. The SMILES string of the molecule is COC(=O)c1ccc2c(C(C)=O)nn(CC(=O)OC(C)(C)C)c2c1. The van der Waals surface area contributed by atoms with Crippen molar-refractivity contribution in [2.24, 2.45) is 0 Å². The zero-order valence-corrected chi connectivity index (χ0v) is 14.4. The van der Waals surface area contributed by atoms with Crippen LogP contribution in [0.2, 0.25) is 0 Å². The third-order valence-corrected chi connectivity index (χ3v) is 3.21. The molecule has 2 aromatic rings. The van der Waals surface area contributed by atoms with Crippen LogP contribution >= 0.6 is 0 Å². The van der Waals surface area contributed by atoms with Crippen LogP contribution in [0, 0.1) is 0 Å². The molecule has 1 heterocycles. The molecule has 128 valence electrons. The van der Waals surface area contributed by atoms with E-state index in [1.807, 2.05) is 0 Å². The van der Waals surface area contributed by atoms with Gasteiger partial charge in [-0.1, -0.05) is 0 Å². The van der Waals surface area contributed by atoms with Gasteiger partial charge in [0.2, 0.25) is 0 Å². The van der Waals surface area contributed by atoms with Crippen LogP contribution in [-0.4, -0.2) is 40.2 Å². The van der Waals surface area contributed by atoms with Gasteiger partial charge in [0.05, 0.1) is 18.2 Å². The molecule has 0 radical (unpaired) electrons. The second kappa shape index (κ2) is 6.43. The third kappa shape index (κ3) is 3.79. The van der Waals surface area contributed by atoms with Gasteiger partial charge in [-0.15, -0.1) is 0 Å². The molecule has 2 rings (SSSR count). The number of Topliss-reactive ketones (excluding diaryl/α,β-unsaturated/α-hetero) is 1. The van der Waals surface area contributed by atoms with Crippen molar-refractivity contribution in [2.45, 2.75) is 39.8 Å². The summed E-state index contributed by atoms with van der Waals surface area (Å²) >= 11 is 0. The van der Waals surface area contributed by atoms with Crippen LogP contribution in [0.25, 0.3) is 10.9 Å². The van der Waals surface area contributed by atoms with Gasteiger partial charge in [-0.2, -0.15) is 5.10 Å². The molecule has 0 unspecified atom stereocenters. The first-order chi connectivity index (χ1) is 11.1. The summed E-state index contributed by atoms with van der Waals surface area (Å²) in [6, 6.07) is 4.72. The van der Waals surface area contributed by atoms with E-state index in [9.17, 15) is 14.4 Å². The number of hydrogen-bond acceptors (Lipinski definition) is 6. The molecule has 1 aromatic heterocycles. The summed E-state index contributed by atoms with van der Waals surface area (Å²) in [6.07, 6.45) is 0. The fourth-order valence-electron chi connectivity index (χ4n) is 2.30. The van der Waals surface area contributed by atoms with Crippen molar-refractivity contribution in [1.82, 2.24) is 9.78 Å². The van der Waals surface area contributed by atoms with Crippen molar-refractivity contribution in [2.75, 3.05) is 7.11 Å². The van der Waals surface area contributed by atoms with Gasteiger partial charge in [0.1, 0.15) is 17.8 Å². The highest BCUT2D eigenvalue weighted by Gasteiger charge is 2.21. The number of methoxy groups -OCH3 is 1. The van der Waals surface area contributed by atoms with Crippen molar-refractivity contribution in [3.05, 3.63) is 29.5 Å². The Labute approximate surface area is 139 Å². The number of aromatic nitrogens is 2. The average molecular weight is 332 g/mol. The molecule has 0 amide bonds. The standard InChI is InChI=1S/C17H20N2O5/c1-10(20)15-12-7-6-11(16(22)23-5)8-13(12)19(18-15)9-14(21)24-17(2,3)4/h6-8H,9H2,1-5H3. The zero-order valence-electron chi connectivity index (χ0n) is 14.4. The van der Waals surface area contributed by atoms with E-state index in [4.69, 9.17) is 9.47 Å². The molecule has 0 saturated heterocycles. The lowest BCUT2D eigenvalue weighted by atomic mass is 10.1. The van der Waals surface area contributed by atoms with Gasteiger partial charge in [0.25, 0.3) is 0 Å². The van der Waals surface area contributed by atoms with E-state index in [1.165, 1.54) is 18.7 Å². The molecule has 0 aliphatic carbocycles. The summed E-state index contributed by atoms with van der Waals surface area (Å²) < 4.78 is 11.3. The fourth-order valence-corrected chi connectivity index (χ4v) is 2.30. The van der Waals surface area contributed by atoms with E-state index in [0.29, 0.717) is 16.5 Å². The Hall–Kier alpha value is -2.70. The van der Waals surface area contributed by atoms with E-state index in [1.54, 1.807) is 39.0 Å². The minimum Gasteiger partial charge on any atom is -0.465 e. The van der Waals surface area contributed by atoms with Gasteiger partial charge in [-0.25, -0.2) is 4.79 Å². The van der Waals surface area contributed by atoms with Crippen molar-refractivity contribution >= 4 is 28.6 Å². The molecule has 0 aliphatic rings. The second-order valence-corrected chi connectivity index (χ2v) is 6.37. The van der Waals surface area contributed by atoms with Crippen LogP contribution in [0.1, 0.15) is 48.5 Å². The molecular formula is C17H20N2O5. The number of esters is 2. The first-order valence-corrected chi connectivity index (χ1v) is 7.44. The van der Waals surface area contributed by atoms with Crippen LogP contribution in [0.4, 0.5) is 0 Å². The molecule has 24 heavy (non-hydrogen) atoms. The summed E-state index contributed by atoms with van der Waals surface area (Å²) in [7, 11) is 1.28. The Morgan fingerprint density at radius 2 is 1.88 bits per heavy atom. The Bertz CT molecular complexity index is 814. The molecular weight excluding hydrogens is 312 g/mol. The number of benzene rings is 1. The van der Waals surface area contributed by atoms with Crippen LogP contribution in [0.15, 0.2) is 18.2 Å². The lowest BCUT2D eigenvalue weighted by Gasteiger charge is -2.19. The molecule has 0 spiro atoms. The van der Waals surface area contributed by atoms with Crippen molar-refractivity contribution in [1.29, 1.82) is 0 Å². The number of carbonyl (C=O) groups is 3. The maximum absolute atomic E-state index is 12.1. The third-order valence-electron chi connectivity index (χ3n) is 3.21. The molecule has 7 nitrogen and oxygen atoms in total. The first-order valence-electron chi connectivity index (χ1n) is 7.44. The molecule has 0 saturated carbocycles. The Kier molecular flexibility index (Phi) is 4.73. The number of ether oxygens (including phenoxy) is 2. The van der Waals surface area contributed by atoms with Gasteiger partial charge in [0.15, 0.2) is 5.78 Å². The minimum absolute atomic E-state index is 0.161. The summed E-state index contributed by atoms with van der Waals surface area (Å²) in [4.78, 5) is 35.6. The number of rotatable bonds is 4. The highest BCUT2D eigenvalue weighted by Crippen LogP contribution is 2.22. The van der Waals surface area contributed by atoms with Crippen molar-refractivity contribution < 1.29 is 23.9 Å². The largest absolute Gasteiger partial charge is 0.465 e. The lowest BCUT2D eigenvalue weighted by Crippen LogP contribution is -2.26. The van der Waals surface area contributed by atoms with Crippen LogP contribution < -0.4 is 0 Å². The van der Waals surface area contributed by atoms with E-state index in [-0.39, 0.29) is 18.0 Å². The topological polar surface area (TPSA) is 87.5 Å². The highest BCUT2D eigenvalue weighted by atomic mass is 16.6. The normalized spacial score (nSPS) is 11.4. The summed E-state index contributed by atoms with van der Waals surface area (Å²) in [5.41, 5.74) is 0.421. The average Bonchev–Trinajstić information content (AvgIpc) is 2.82. The molecule has 0 fully saturated rings. The van der Waals surface area contributed by atoms with Crippen molar-refractivity contribution in [3.63, 3.8) is 0 Å². The van der Waals surface area contributed by atoms with E-state index in [0.717, 1.165) is 0 Å². The number of fused-ring (bicyclic) bond motifs is 1.